The van der Waals surface area contributed by atoms with E-state index in [-0.39, 0.29) is 17.5 Å². The minimum atomic E-state index is -3.09. The molecule has 2 heterocycles. The van der Waals surface area contributed by atoms with E-state index in [2.05, 4.69) is 12.1 Å². The molecule has 2 aliphatic rings. The van der Waals surface area contributed by atoms with Crippen LogP contribution in [0.4, 0.5) is 0 Å². The molecule has 0 bridgehead atoms. The summed E-state index contributed by atoms with van der Waals surface area (Å²) in [6.07, 6.45) is 3.20. The monoisotopic (exact) mass is 392 g/mol. The quantitative estimate of drug-likeness (QED) is 0.728. The molecular formula is C20H28N2O4S. The number of sulfone groups is 1. The molecule has 1 aromatic carbocycles. The van der Waals surface area contributed by atoms with Gasteiger partial charge in [-0.3, -0.25) is 9.59 Å². The zero-order valence-electron chi connectivity index (χ0n) is 15.8. The average Bonchev–Trinajstić information content (AvgIpc) is 3.02. The molecule has 2 saturated heterocycles. The molecule has 0 saturated carbocycles. The molecule has 6 nitrogen and oxygen atoms in total. The van der Waals surface area contributed by atoms with Crippen molar-refractivity contribution in [3.8, 4) is 0 Å². The number of likely N-dealkylation sites (N-methyl/N-ethyl adjacent to an activating group) is 1. The van der Waals surface area contributed by atoms with Crippen molar-refractivity contribution in [1.29, 1.82) is 0 Å². The molecule has 0 aliphatic carbocycles. The van der Waals surface area contributed by atoms with Gasteiger partial charge in [0.05, 0.1) is 11.5 Å². The topological polar surface area (TPSA) is 74.8 Å². The van der Waals surface area contributed by atoms with E-state index in [1.54, 1.807) is 11.8 Å². The molecule has 7 heteroatoms. The van der Waals surface area contributed by atoms with Crippen LogP contribution in [0.2, 0.25) is 0 Å². The maximum Gasteiger partial charge on any atom is 0.312 e. The molecule has 3 rings (SSSR count). The predicted octanol–water partition coefficient (Wildman–Crippen LogP) is 1.50. The van der Waals surface area contributed by atoms with E-state index >= 15 is 0 Å². The zero-order valence-corrected chi connectivity index (χ0v) is 16.7. The van der Waals surface area contributed by atoms with Crippen molar-refractivity contribution in [2.75, 3.05) is 31.1 Å². The van der Waals surface area contributed by atoms with Gasteiger partial charge in [-0.2, -0.15) is 0 Å². The molecule has 2 aliphatic heterocycles. The summed E-state index contributed by atoms with van der Waals surface area (Å²) in [4.78, 5) is 28.4. The number of hydrogen-bond acceptors (Lipinski definition) is 4. The molecule has 1 unspecified atom stereocenters. The van der Waals surface area contributed by atoms with Gasteiger partial charge in [-0.15, -0.1) is 0 Å². The fraction of sp³-hybridized carbons (Fsp3) is 0.600. The number of amides is 2. The van der Waals surface area contributed by atoms with Crippen molar-refractivity contribution in [2.45, 2.75) is 38.6 Å². The highest BCUT2D eigenvalue weighted by atomic mass is 32.2. The first-order valence-corrected chi connectivity index (χ1v) is 11.6. The Kier molecular flexibility index (Phi) is 6.19. The van der Waals surface area contributed by atoms with E-state index in [0.29, 0.717) is 32.0 Å². The van der Waals surface area contributed by atoms with Crippen LogP contribution in [0, 0.1) is 5.92 Å². The van der Waals surface area contributed by atoms with Gasteiger partial charge < -0.3 is 9.80 Å². The molecule has 0 N–H and O–H groups in total. The highest BCUT2D eigenvalue weighted by Gasteiger charge is 2.37. The number of rotatable bonds is 4. The normalized spacial score (nSPS) is 22.6. The maximum atomic E-state index is 12.7. The first kappa shape index (κ1) is 19.9. The molecular weight excluding hydrogens is 364 g/mol. The number of carbonyl (C=O) groups is 2. The van der Waals surface area contributed by atoms with E-state index in [4.69, 9.17) is 0 Å². The summed E-state index contributed by atoms with van der Waals surface area (Å²) >= 11 is 0. The summed E-state index contributed by atoms with van der Waals surface area (Å²) in [6.45, 7) is 3.32. The smallest absolute Gasteiger partial charge is 0.312 e. The molecule has 0 spiro atoms. The second kappa shape index (κ2) is 8.42. The Balaban J connectivity index is 1.54. The number of benzene rings is 1. The van der Waals surface area contributed by atoms with Gasteiger partial charge in [0, 0.05) is 25.7 Å². The summed E-state index contributed by atoms with van der Waals surface area (Å²) in [6, 6.07) is 9.95. The van der Waals surface area contributed by atoms with Crippen molar-refractivity contribution < 1.29 is 18.0 Å². The summed E-state index contributed by atoms with van der Waals surface area (Å²) in [5.74, 6) is -0.450. The maximum absolute atomic E-state index is 12.7. The summed E-state index contributed by atoms with van der Waals surface area (Å²) in [7, 11) is -3.09. The van der Waals surface area contributed by atoms with Crippen molar-refractivity contribution in [1.82, 2.24) is 9.80 Å². The van der Waals surface area contributed by atoms with Crippen LogP contribution >= 0.6 is 0 Å². The minimum absolute atomic E-state index is 0.0288. The van der Waals surface area contributed by atoms with Gasteiger partial charge in [0.15, 0.2) is 9.84 Å². The Morgan fingerprint density at radius 1 is 1.11 bits per heavy atom. The zero-order chi connectivity index (χ0) is 19.4. The Labute approximate surface area is 161 Å². The van der Waals surface area contributed by atoms with Crippen LogP contribution in [0.25, 0.3) is 0 Å². The first-order valence-electron chi connectivity index (χ1n) is 9.74. The van der Waals surface area contributed by atoms with Crippen LogP contribution in [0.5, 0.6) is 0 Å². The standard InChI is InChI=1S/C20H28N2O4S/c1-2-22(18-10-13-27(25,26)15-18)20(24)19(23)21-11-8-17(9-12-21)14-16-6-4-3-5-7-16/h3-7,17-18H,2,8-15H2,1H3. The minimum Gasteiger partial charge on any atom is -0.334 e. The fourth-order valence-corrected chi connectivity index (χ4v) is 5.87. The third-order valence-electron chi connectivity index (χ3n) is 5.70. The van der Waals surface area contributed by atoms with Crippen molar-refractivity contribution >= 4 is 21.7 Å². The lowest BCUT2D eigenvalue weighted by molar-refractivity contribution is -0.153. The Morgan fingerprint density at radius 2 is 1.78 bits per heavy atom. The number of nitrogens with zero attached hydrogens (tertiary/aromatic N) is 2. The van der Waals surface area contributed by atoms with Crippen LogP contribution in [-0.4, -0.2) is 67.2 Å². The van der Waals surface area contributed by atoms with Crippen molar-refractivity contribution in [3.63, 3.8) is 0 Å². The molecule has 0 aromatic heterocycles. The van der Waals surface area contributed by atoms with Gasteiger partial charge in [0.1, 0.15) is 0 Å². The fourth-order valence-electron chi connectivity index (χ4n) is 4.13. The summed E-state index contributed by atoms with van der Waals surface area (Å²) < 4.78 is 23.4. The summed E-state index contributed by atoms with van der Waals surface area (Å²) in [5.41, 5.74) is 1.30. The van der Waals surface area contributed by atoms with E-state index in [9.17, 15) is 18.0 Å². The van der Waals surface area contributed by atoms with Gasteiger partial charge in [-0.1, -0.05) is 30.3 Å². The van der Waals surface area contributed by atoms with Crippen LogP contribution in [-0.2, 0) is 25.8 Å². The Morgan fingerprint density at radius 3 is 2.33 bits per heavy atom. The van der Waals surface area contributed by atoms with Gasteiger partial charge >= 0.3 is 11.8 Å². The Hall–Kier alpha value is -1.89. The van der Waals surface area contributed by atoms with Crippen LogP contribution in [0.3, 0.4) is 0 Å². The van der Waals surface area contributed by atoms with Gasteiger partial charge in [-0.05, 0) is 44.1 Å². The van der Waals surface area contributed by atoms with Crippen molar-refractivity contribution in [3.05, 3.63) is 35.9 Å². The molecule has 27 heavy (non-hydrogen) atoms. The van der Waals surface area contributed by atoms with Gasteiger partial charge in [0.25, 0.3) is 0 Å². The molecule has 0 radical (unpaired) electrons. The second-order valence-corrected chi connectivity index (χ2v) is 9.80. The van der Waals surface area contributed by atoms with Crippen LogP contribution in [0.15, 0.2) is 30.3 Å². The predicted molar refractivity (Wildman–Crippen MR) is 104 cm³/mol. The van der Waals surface area contributed by atoms with E-state index < -0.39 is 21.7 Å². The van der Waals surface area contributed by atoms with Crippen molar-refractivity contribution in [2.24, 2.45) is 5.92 Å². The van der Waals surface area contributed by atoms with Gasteiger partial charge in [0.2, 0.25) is 0 Å². The number of likely N-dealkylation sites (tertiary alicyclic amines) is 1. The lowest BCUT2D eigenvalue weighted by Crippen LogP contribution is -2.51. The highest BCUT2D eigenvalue weighted by molar-refractivity contribution is 7.91. The molecule has 2 fully saturated rings. The molecule has 148 valence electrons. The van der Waals surface area contributed by atoms with E-state index in [1.807, 2.05) is 18.2 Å². The second-order valence-electron chi connectivity index (χ2n) is 7.57. The molecule has 1 aromatic rings. The third kappa shape index (κ3) is 4.89. The SMILES string of the molecule is CCN(C(=O)C(=O)N1CCC(Cc2ccccc2)CC1)C1CCS(=O)(=O)C1. The molecule has 1 atom stereocenters. The largest absolute Gasteiger partial charge is 0.334 e. The average molecular weight is 393 g/mol. The Bertz CT molecular complexity index is 770. The first-order chi connectivity index (χ1) is 12.9. The van der Waals surface area contributed by atoms with Crippen LogP contribution in [0.1, 0.15) is 31.7 Å². The van der Waals surface area contributed by atoms with E-state index in [0.717, 1.165) is 19.3 Å². The number of carbonyl (C=O) groups excluding carboxylic acids is 2. The van der Waals surface area contributed by atoms with Crippen LogP contribution < -0.4 is 0 Å². The third-order valence-corrected chi connectivity index (χ3v) is 7.45. The van der Waals surface area contributed by atoms with E-state index in [1.165, 1.54) is 10.5 Å². The lowest BCUT2D eigenvalue weighted by Gasteiger charge is -2.34. The lowest BCUT2D eigenvalue weighted by atomic mass is 9.90. The molecule has 2 amide bonds. The highest BCUT2D eigenvalue weighted by Crippen LogP contribution is 2.23. The number of piperidine rings is 1. The van der Waals surface area contributed by atoms with Gasteiger partial charge in [-0.25, -0.2) is 8.42 Å². The summed E-state index contributed by atoms with van der Waals surface area (Å²) in [5, 5.41) is 0. The number of hydrogen-bond donors (Lipinski definition) is 0.